The van der Waals surface area contributed by atoms with Gasteiger partial charge in [0.1, 0.15) is 16.0 Å². The number of aromatic nitrogens is 2. The van der Waals surface area contributed by atoms with Crippen molar-refractivity contribution in [1.82, 2.24) is 9.55 Å². The van der Waals surface area contributed by atoms with Gasteiger partial charge in [0.2, 0.25) is 5.43 Å². The van der Waals surface area contributed by atoms with Crippen molar-refractivity contribution in [3.05, 3.63) is 74.7 Å². The van der Waals surface area contributed by atoms with Crippen LogP contribution in [0.15, 0.2) is 58.1 Å². The van der Waals surface area contributed by atoms with Gasteiger partial charge in [-0.25, -0.2) is 4.98 Å². The van der Waals surface area contributed by atoms with Crippen LogP contribution in [0.1, 0.15) is 31.9 Å². The minimum absolute atomic E-state index is 0.0541. The minimum atomic E-state index is -0.253. The molecule has 0 aliphatic heterocycles. The van der Waals surface area contributed by atoms with Crippen LogP contribution in [0.3, 0.4) is 0 Å². The second-order valence-corrected chi connectivity index (χ2v) is 7.87. The van der Waals surface area contributed by atoms with Crippen LogP contribution < -0.4 is 11.0 Å². The van der Waals surface area contributed by atoms with Crippen LogP contribution in [0.4, 0.5) is 0 Å². The highest BCUT2D eigenvalue weighted by atomic mass is 32.1. The highest BCUT2D eigenvalue weighted by Gasteiger charge is 2.20. The Labute approximate surface area is 160 Å². The van der Waals surface area contributed by atoms with Gasteiger partial charge in [0, 0.05) is 21.7 Å². The Balaban J connectivity index is 2.17. The van der Waals surface area contributed by atoms with Gasteiger partial charge in [0.15, 0.2) is 0 Å². The van der Waals surface area contributed by atoms with Crippen molar-refractivity contribution in [2.75, 3.05) is 0 Å². The van der Waals surface area contributed by atoms with E-state index in [1.54, 1.807) is 10.6 Å². The number of hydrogen-bond donors (Lipinski definition) is 0. The van der Waals surface area contributed by atoms with Gasteiger partial charge < -0.3 is 0 Å². The normalized spacial score (nSPS) is 12.6. The van der Waals surface area contributed by atoms with E-state index in [1.165, 1.54) is 11.3 Å². The lowest BCUT2D eigenvalue weighted by Gasteiger charge is -2.18. The molecular formula is C22H20N2O2S. The molecular weight excluding hydrogens is 356 g/mol. The van der Waals surface area contributed by atoms with E-state index in [0.29, 0.717) is 16.0 Å². The third-order valence-corrected chi connectivity index (χ3v) is 6.05. The van der Waals surface area contributed by atoms with Gasteiger partial charge in [-0.3, -0.25) is 14.2 Å². The molecule has 0 fully saturated rings. The van der Waals surface area contributed by atoms with E-state index in [4.69, 9.17) is 4.98 Å². The van der Waals surface area contributed by atoms with Crippen molar-refractivity contribution >= 4 is 31.6 Å². The Morgan fingerprint density at radius 2 is 1.78 bits per heavy atom. The zero-order valence-electron chi connectivity index (χ0n) is 15.5. The van der Waals surface area contributed by atoms with E-state index in [2.05, 4.69) is 0 Å². The van der Waals surface area contributed by atoms with Crippen LogP contribution in [0, 0.1) is 6.92 Å². The van der Waals surface area contributed by atoms with Crippen molar-refractivity contribution in [3.8, 4) is 11.4 Å². The van der Waals surface area contributed by atoms with Crippen LogP contribution in [-0.4, -0.2) is 9.55 Å². The summed E-state index contributed by atoms with van der Waals surface area (Å²) in [6, 6.07) is 15.3. The summed E-state index contributed by atoms with van der Waals surface area (Å²) in [5, 5.41) is 0.766. The molecule has 27 heavy (non-hydrogen) atoms. The maximum Gasteiger partial charge on any atom is 0.266 e. The minimum Gasteiger partial charge on any atom is -0.289 e. The molecule has 4 aromatic rings. The summed E-state index contributed by atoms with van der Waals surface area (Å²) in [6.07, 6.45) is 0.775. The van der Waals surface area contributed by atoms with Crippen molar-refractivity contribution in [2.24, 2.45) is 0 Å². The van der Waals surface area contributed by atoms with Gasteiger partial charge >= 0.3 is 0 Å². The molecule has 4 rings (SSSR count). The molecule has 2 aromatic carbocycles. The largest absolute Gasteiger partial charge is 0.289 e. The van der Waals surface area contributed by atoms with Crippen molar-refractivity contribution in [2.45, 2.75) is 33.2 Å². The van der Waals surface area contributed by atoms with E-state index in [0.717, 1.165) is 22.2 Å². The smallest absolute Gasteiger partial charge is 0.266 e. The Hall–Kier alpha value is -2.79. The highest BCUT2D eigenvalue weighted by Crippen LogP contribution is 2.27. The Bertz CT molecular complexity index is 1270. The van der Waals surface area contributed by atoms with Crippen LogP contribution in [0.25, 0.3) is 31.7 Å². The lowest BCUT2D eigenvalue weighted by atomic mass is 10.1. The molecule has 2 aromatic heterocycles. The third kappa shape index (κ3) is 2.88. The van der Waals surface area contributed by atoms with Gasteiger partial charge in [0.25, 0.3) is 5.56 Å². The molecule has 0 aliphatic rings. The first kappa shape index (κ1) is 17.6. The summed E-state index contributed by atoms with van der Waals surface area (Å²) in [5.41, 5.74) is 1.54. The maximum atomic E-state index is 13.4. The zero-order valence-corrected chi connectivity index (χ0v) is 16.3. The van der Waals surface area contributed by atoms with E-state index in [-0.39, 0.29) is 22.4 Å². The fraction of sp³-hybridized carbons (Fsp3) is 0.227. The number of fused-ring (bicyclic) bond motifs is 2. The molecule has 1 atom stereocenters. The van der Waals surface area contributed by atoms with Gasteiger partial charge in [0.05, 0.1) is 0 Å². The molecule has 0 aliphatic carbocycles. The monoisotopic (exact) mass is 376 g/mol. The van der Waals surface area contributed by atoms with Gasteiger partial charge in [-0.1, -0.05) is 48.9 Å². The van der Waals surface area contributed by atoms with E-state index in [1.807, 2.05) is 63.2 Å². The number of rotatable bonds is 3. The second kappa shape index (κ2) is 6.74. The Kier molecular flexibility index (Phi) is 4.40. The summed E-state index contributed by atoms with van der Waals surface area (Å²) in [7, 11) is 0. The van der Waals surface area contributed by atoms with Crippen LogP contribution in [-0.2, 0) is 0 Å². The lowest BCUT2D eigenvalue weighted by molar-refractivity contribution is 0.517. The fourth-order valence-electron chi connectivity index (χ4n) is 3.26. The molecule has 0 bridgehead atoms. The summed E-state index contributed by atoms with van der Waals surface area (Å²) in [6.45, 7) is 6.04. The molecule has 0 N–H and O–H groups in total. The fourth-order valence-corrected chi connectivity index (χ4v) is 4.30. The predicted octanol–water partition coefficient (Wildman–Crippen LogP) is 4.92. The molecule has 136 valence electrons. The van der Waals surface area contributed by atoms with E-state index < -0.39 is 0 Å². The summed E-state index contributed by atoms with van der Waals surface area (Å²) >= 11 is 1.40. The molecule has 4 nitrogen and oxygen atoms in total. The zero-order chi connectivity index (χ0) is 19.1. The van der Waals surface area contributed by atoms with Crippen molar-refractivity contribution < 1.29 is 0 Å². The van der Waals surface area contributed by atoms with E-state index >= 15 is 0 Å². The molecule has 0 spiro atoms. The average molecular weight is 376 g/mol. The maximum absolute atomic E-state index is 13.4. The first-order valence-corrected chi connectivity index (χ1v) is 9.88. The highest BCUT2D eigenvalue weighted by molar-refractivity contribution is 7.24. The summed E-state index contributed by atoms with van der Waals surface area (Å²) < 4.78 is 2.52. The molecule has 0 saturated carbocycles. The number of nitrogens with zero attached hydrogens (tertiary/aromatic N) is 2. The van der Waals surface area contributed by atoms with Crippen LogP contribution >= 0.6 is 11.3 Å². The van der Waals surface area contributed by atoms with E-state index in [9.17, 15) is 9.59 Å². The van der Waals surface area contributed by atoms with Crippen molar-refractivity contribution in [1.29, 1.82) is 0 Å². The predicted molar refractivity (Wildman–Crippen MR) is 113 cm³/mol. The molecule has 5 heteroatoms. The number of hydrogen-bond acceptors (Lipinski definition) is 4. The average Bonchev–Trinajstić information content (AvgIpc) is 2.68. The molecule has 1 unspecified atom stereocenters. The molecule has 0 saturated heterocycles. The second-order valence-electron chi connectivity index (χ2n) is 6.84. The summed E-state index contributed by atoms with van der Waals surface area (Å²) in [4.78, 5) is 31.7. The standard InChI is InChI=1S/C22H20N2O2S/c1-4-14(3)24-20(15-11-9-13(2)10-12-15)23-21-18(22(24)26)19(25)16-7-5-6-8-17(16)27-21/h5-12,14H,4H2,1-3H3. The first-order valence-electron chi connectivity index (χ1n) is 9.06. The molecule has 0 amide bonds. The Morgan fingerprint density at radius 3 is 2.48 bits per heavy atom. The van der Waals surface area contributed by atoms with Crippen LogP contribution in [0.2, 0.25) is 0 Å². The lowest BCUT2D eigenvalue weighted by Crippen LogP contribution is -2.29. The number of aryl methyl sites for hydroxylation is 1. The van der Waals surface area contributed by atoms with Gasteiger partial charge in [-0.2, -0.15) is 0 Å². The molecule has 2 heterocycles. The molecule has 0 radical (unpaired) electrons. The third-order valence-electron chi connectivity index (χ3n) is 4.99. The Morgan fingerprint density at radius 1 is 1.07 bits per heavy atom. The number of benzene rings is 2. The SMILES string of the molecule is CCC(C)n1c(-c2ccc(C)cc2)nc2sc3ccccc3c(=O)c2c1=O. The summed E-state index contributed by atoms with van der Waals surface area (Å²) in [5.74, 6) is 0.618. The van der Waals surface area contributed by atoms with Crippen LogP contribution in [0.5, 0.6) is 0 Å². The van der Waals surface area contributed by atoms with Gasteiger partial charge in [-0.05, 0) is 32.4 Å². The van der Waals surface area contributed by atoms with Gasteiger partial charge in [-0.15, -0.1) is 11.3 Å². The van der Waals surface area contributed by atoms with Crippen molar-refractivity contribution in [3.63, 3.8) is 0 Å². The topological polar surface area (TPSA) is 52.0 Å². The first-order chi connectivity index (χ1) is 13.0. The quantitative estimate of drug-likeness (QED) is 0.477.